The van der Waals surface area contributed by atoms with Crippen molar-refractivity contribution >= 4 is 28.4 Å². The lowest BCUT2D eigenvalue weighted by molar-refractivity contribution is 0.0521. The molecule has 0 amide bonds. The molecule has 34 heavy (non-hydrogen) atoms. The van der Waals surface area contributed by atoms with Crippen LogP contribution in [0.2, 0.25) is 0 Å². The molecule has 3 aromatic rings. The fourth-order valence-electron chi connectivity index (χ4n) is 4.17. The van der Waals surface area contributed by atoms with Crippen molar-refractivity contribution in [1.29, 1.82) is 0 Å². The molecule has 1 saturated heterocycles. The van der Waals surface area contributed by atoms with E-state index in [0.29, 0.717) is 47.4 Å². The van der Waals surface area contributed by atoms with Crippen LogP contribution in [0.4, 0.5) is 11.5 Å². The summed E-state index contributed by atoms with van der Waals surface area (Å²) in [7, 11) is 1.62. The summed E-state index contributed by atoms with van der Waals surface area (Å²) in [6.45, 7) is 8.35. The Bertz CT molecular complexity index is 1110. The Morgan fingerprint density at radius 3 is 2.82 bits per heavy atom. The van der Waals surface area contributed by atoms with Crippen molar-refractivity contribution in [2.45, 2.75) is 33.1 Å². The molecule has 0 radical (unpaired) electrons. The molecule has 0 spiro atoms. The molecule has 0 unspecified atom stereocenters. The molecule has 3 heterocycles. The summed E-state index contributed by atoms with van der Waals surface area (Å²) in [5, 5.41) is 3.99. The van der Waals surface area contributed by atoms with Crippen molar-refractivity contribution in [1.82, 2.24) is 19.9 Å². The smallest absolute Gasteiger partial charge is 0.356 e. The molecule has 0 saturated carbocycles. The number of benzene rings is 1. The van der Waals surface area contributed by atoms with Crippen LogP contribution in [-0.4, -0.2) is 65.8 Å². The van der Waals surface area contributed by atoms with Crippen molar-refractivity contribution in [3.8, 4) is 11.5 Å². The fraction of sp³-hybridized carbons (Fsp3) is 0.480. The van der Waals surface area contributed by atoms with Crippen molar-refractivity contribution < 1.29 is 19.0 Å². The van der Waals surface area contributed by atoms with Gasteiger partial charge in [0.05, 0.1) is 31.5 Å². The van der Waals surface area contributed by atoms with E-state index in [4.69, 9.17) is 14.2 Å². The number of aromatic amines is 1. The van der Waals surface area contributed by atoms with E-state index in [2.05, 4.69) is 32.1 Å². The Morgan fingerprint density at radius 2 is 2.06 bits per heavy atom. The summed E-state index contributed by atoms with van der Waals surface area (Å²) in [5.41, 5.74) is 1.62. The second kappa shape index (κ2) is 11.2. The van der Waals surface area contributed by atoms with Crippen LogP contribution >= 0.6 is 0 Å². The van der Waals surface area contributed by atoms with Crippen molar-refractivity contribution in [3.05, 3.63) is 36.4 Å². The molecule has 1 aliphatic rings. The number of esters is 1. The zero-order valence-corrected chi connectivity index (χ0v) is 20.1. The highest BCUT2D eigenvalue weighted by Crippen LogP contribution is 2.35. The number of aromatic nitrogens is 3. The first-order valence-electron chi connectivity index (χ1n) is 11.9. The van der Waals surface area contributed by atoms with Crippen LogP contribution in [0.15, 0.2) is 30.7 Å². The number of nitrogens with one attached hydrogen (secondary N) is 2. The number of carbonyl (C=O) groups excluding carboxylic acids is 1. The molecule has 0 aliphatic carbocycles. The molecule has 2 N–H and O–H groups in total. The van der Waals surface area contributed by atoms with Crippen molar-refractivity contribution in [2.24, 2.45) is 5.92 Å². The lowest BCUT2D eigenvalue weighted by Gasteiger charge is -2.30. The number of hydrogen-bond donors (Lipinski definition) is 2. The number of fused-ring (bicyclic) bond motifs is 1. The van der Waals surface area contributed by atoms with Gasteiger partial charge in [-0.1, -0.05) is 6.92 Å². The number of rotatable bonds is 10. The number of likely N-dealkylation sites (tertiary alicyclic amines) is 1. The topological polar surface area (TPSA) is 102 Å². The SMILES string of the molecule is CCOC(=O)c1[nH]ccc1Nc1ncnc2cc(OC)c(OCCCN3CCC(C)CC3)cc12. The largest absolute Gasteiger partial charge is 0.493 e. The number of H-pyrrole nitrogens is 1. The third-order valence-electron chi connectivity index (χ3n) is 6.15. The molecule has 1 aliphatic heterocycles. The number of hydrogen-bond acceptors (Lipinski definition) is 8. The minimum absolute atomic E-state index is 0.297. The highest BCUT2D eigenvalue weighted by atomic mass is 16.5. The predicted octanol–water partition coefficient (Wildman–Crippen LogP) is 4.39. The second-order valence-corrected chi connectivity index (χ2v) is 8.58. The van der Waals surface area contributed by atoms with E-state index in [1.54, 1.807) is 26.3 Å². The van der Waals surface area contributed by atoms with Crippen molar-refractivity contribution in [2.75, 3.05) is 45.3 Å². The maximum absolute atomic E-state index is 12.2. The first kappa shape index (κ1) is 23.8. The van der Waals surface area contributed by atoms with Crippen LogP contribution in [0, 0.1) is 5.92 Å². The van der Waals surface area contributed by atoms with Gasteiger partial charge in [0, 0.05) is 24.2 Å². The van der Waals surface area contributed by atoms with Gasteiger partial charge >= 0.3 is 5.97 Å². The number of piperidine rings is 1. The Hall–Kier alpha value is -3.33. The predicted molar refractivity (Wildman–Crippen MR) is 131 cm³/mol. The average molecular weight is 468 g/mol. The van der Waals surface area contributed by atoms with Crippen LogP contribution in [-0.2, 0) is 4.74 Å². The number of nitrogens with zero attached hydrogens (tertiary/aromatic N) is 3. The van der Waals surface area contributed by atoms with Gasteiger partial charge in [-0.2, -0.15) is 0 Å². The van der Waals surface area contributed by atoms with Gasteiger partial charge < -0.3 is 29.4 Å². The van der Waals surface area contributed by atoms with Gasteiger partial charge in [0.15, 0.2) is 11.5 Å². The van der Waals surface area contributed by atoms with E-state index in [-0.39, 0.29) is 0 Å². The van der Waals surface area contributed by atoms with Crippen LogP contribution in [0.25, 0.3) is 10.9 Å². The summed E-state index contributed by atoms with van der Waals surface area (Å²) >= 11 is 0. The average Bonchev–Trinajstić information content (AvgIpc) is 3.31. The van der Waals surface area contributed by atoms with Gasteiger partial charge in [0.1, 0.15) is 17.8 Å². The number of carbonyl (C=O) groups is 1. The van der Waals surface area contributed by atoms with Gasteiger partial charge in [0.25, 0.3) is 0 Å². The molecule has 2 aromatic heterocycles. The third kappa shape index (κ3) is 5.59. The molecule has 9 heteroatoms. The molecule has 182 valence electrons. The maximum atomic E-state index is 12.2. The van der Waals surface area contributed by atoms with Gasteiger partial charge in [-0.15, -0.1) is 0 Å². The van der Waals surface area contributed by atoms with Gasteiger partial charge in [0.2, 0.25) is 0 Å². The van der Waals surface area contributed by atoms with E-state index >= 15 is 0 Å². The fourth-order valence-corrected chi connectivity index (χ4v) is 4.17. The lowest BCUT2D eigenvalue weighted by atomic mass is 9.99. The van der Waals surface area contributed by atoms with Crippen LogP contribution < -0.4 is 14.8 Å². The maximum Gasteiger partial charge on any atom is 0.356 e. The highest BCUT2D eigenvalue weighted by Gasteiger charge is 2.18. The highest BCUT2D eigenvalue weighted by molar-refractivity contribution is 5.98. The van der Waals surface area contributed by atoms with Gasteiger partial charge in [-0.05, 0) is 57.3 Å². The summed E-state index contributed by atoms with van der Waals surface area (Å²) in [6.07, 6.45) is 6.64. The normalized spacial score (nSPS) is 14.8. The Balaban J connectivity index is 1.49. The molecular weight excluding hydrogens is 434 g/mol. The quantitative estimate of drug-likeness (QED) is 0.334. The van der Waals surface area contributed by atoms with E-state index < -0.39 is 5.97 Å². The third-order valence-corrected chi connectivity index (χ3v) is 6.15. The summed E-state index contributed by atoms with van der Waals surface area (Å²) in [6, 6.07) is 5.49. The standard InChI is InChI=1S/C25H33N5O4/c1-4-33-25(31)23-19(6-9-26-23)29-24-18-14-22(21(32-3)15-20(18)27-16-28-24)34-13-5-10-30-11-7-17(2)8-12-30/h6,9,14-17,26H,4-5,7-8,10-13H2,1-3H3,(H,27,28,29). The van der Waals surface area contributed by atoms with Crippen LogP contribution in [0.5, 0.6) is 11.5 Å². The Kier molecular flexibility index (Phi) is 7.84. The van der Waals surface area contributed by atoms with Crippen LogP contribution in [0.1, 0.15) is 43.6 Å². The minimum atomic E-state index is -0.429. The lowest BCUT2D eigenvalue weighted by Crippen LogP contribution is -2.34. The zero-order valence-electron chi connectivity index (χ0n) is 20.1. The Labute approximate surface area is 199 Å². The molecule has 9 nitrogen and oxygen atoms in total. The first-order valence-corrected chi connectivity index (χ1v) is 11.9. The number of ether oxygens (including phenoxy) is 3. The monoisotopic (exact) mass is 467 g/mol. The molecule has 0 bridgehead atoms. The minimum Gasteiger partial charge on any atom is -0.493 e. The molecule has 0 atom stereocenters. The van der Waals surface area contributed by atoms with E-state index in [9.17, 15) is 4.79 Å². The van der Waals surface area contributed by atoms with Crippen molar-refractivity contribution in [3.63, 3.8) is 0 Å². The van der Waals surface area contributed by atoms with E-state index in [0.717, 1.165) is 24.3 Å². The molecule has 1 fully saturated rings. The van der Waals surface area contributed by atoms with Crippen LogP contribution in [0.3, 0.4) is 0 Å². The van der Waals surface area contributed by atoms with E-state index in [1.807, 2.05) is 12.1 Å². The first-order chi connectivity index (χ1) is 16.6. The summed E-state index contributed by atoms with van der Waals surface area (Å²) in [4.78, 5) is 26.4. The Morgan fingerprint density at radius 1 is 1.24 bits per heavy atom. The number of methoxy groups -OCH3 is 1. The number of anilines is 2. The summed E-state index contributed by atoms with van der Waals surface area (Å²) < 4.78 is 16.8. The molecular formula is C25H33N5O4. The summed E-state index contributed by atoms with van der Waals surface area (Å²) in [5.74, 6) is 2.23. The van der Waals surface area contributed by atoms with E-state index in [1.165, 1.54) is 32.3 Å². The molecule has 1 aromatic carbocycles. The second-order valence-electron chi connectivity index (χ2n) is 8.58. The molecule has 4 rings (SSSR count). The van der Waals surface area contributed by atoms with Gasteiger partial charge in [-0.3, -0.25) is 0 Å². The van der Waals surface area contributed by atoms with Gasteiger partial charge in [-0.25, -0.2) is 14.8 Å². The zero-order chi connectivity index (χ0) is 23.9.